The Balaban J connectivity index is 1.46. The van der Waals surface area contributed by atoms with Gasteiger partial charge in [-0.2, -0.15) is 0 Å². The van der Waals surface area contributed by atoms with Gasteiger partial charge < -0.3 is 4.90 Å². The summed E-state index contributed by atoms with van der Waals surface area (Å²) in [5.74, 6) is 0. The zero-order valence-electron chi connectivity index (χ0n) is 22.7. The summed E-state index contributed by atoms with van der Waals surface area (Å²) in [5.41, 5.74) is 14.5. The smallest absolute Gasteiger partial charge is 0.0705 e. The molecule has 6 rings (SSSR count). The second-order valence-corrected chi connectivity index (χ2v) is 10.8. The molecule has 2 heteroatoms. The van der Waals surface area contributed by atoms with Crippen LogP contribution in [0.1, 0.15) is 66.1 Å². The van der Waals surface area contributed by atoms with Gasteiger partial charge >= 0.3 is 0 Å². The monoisotopic (exact) mass is 496 g/mol. The molecule has 0 amide bonds. The minimum atomic E-state index is 0.238. The Morgan fingerprint density at radius 1 is 0.868 bits per heavy atom. The summed E-state index contributed by atoms with van der Waals surface area (Å²) in [4.78, 5) is 7.47. The average Bonchev–Trinajstić information content (AvgIpc) is 2.96. The number of pyridine rings is 1. The summed E-state index contributed by atoms with van der Waals surface area (Å²) in [6, 6.07) is 31.6. The molecule has 1 aromatic heterocycles. The van der Waals surface area contributed by atoms with E-state index >= 15 is 0 Å². The second kappa shape index (κ2) is 10.5. The van der Waals surface area contributed by atoms with E-state index < -0.39 is 0 Å². The van der Waals surface area contributed by atoms with E-state index in [0.29, 0.717) is 0 Å². The molecule has 2 aliphatic rings. The van der Waals surface area contributed by atoms with Gasteiger partial charge in [-0.05, 0) is 84.2 Å². The van der Waals surface area contributed by atoms with Gasteiger partial charge in [0.1, 0.15) is 0 Å². The van der Waals surface area contributed by atoms with Gasteiger partial charge in [-0.1, -0.05) is 92.2 Å². The number of fused-ring (bicyclic) bond motifs is 3. The highest BCUT2D eigenvalue weighted by Crippen LogP contribution is 2.46. The van der Waals surface area contributed by atoms with E-state index in [0.717, 1.165) is 25.1 Å². The highest BCUT2D eigenvalue weighted by Gasteiger charge is 2.34. The van der Waals surface area contributed by atoms with Crippen molar-refractivity contribution in [3.05, 3.63) is 136 Å². The van der Waals surface area contributed by atoms with Crippen molar-refractivity contribution in [1.29, 1.82) is 0 Å². The standard InChI is InChI=1S/C36H36N2/c1-4-5-11-27-12-10-14-28(21-27)33-24-38-35(20-26(33)3)30-15-7-6-13-29(30)22-36(38)32-17-9-8-16-31(32)34-19-18-25(2)23-37-34/h6-10,12-21,23,36H,4-5,11,22,24H2,1-3H3/t36-/m0/s1. The Bertz CT molecular complexity index is 1520. The van der Waals surface area contributed by atoms with Crippen molar-refractivity contribution in [2.24, 2.45) is 0 Å². The zero-order chi connectivity index (χ0) is 26.1. The van der Waals surface area contributed by atoms with Crippen molar-refractivity contribution in [1.82, 2.24) is 9.88 Å². The minimum absolute atomic E-state index is 0.238. The van der Waals surface area contributed by atoms with E-state index in [-0.39, 0.29) is 6.04 Å². The Labute approximate surface area is 227 Å². The van der Waals surface area contributed by atoms with Crippen LogP contribution >= 0.6 is 0 Å². The highest BCUT2D eigenvalue weighted by atomic mass is 15.2. The third-order valence-corrected chi connectivity index (χ3v) is 8.15. The third-order valence-electron chi connectivity index (χ3n) is 8.15. The highest BCUT2D eigenvalue weighted by molar-refractivity contribution is 5.83. The molecule has 0 radical (unpaired) electrons. The van der Waals surface area contributed by atoms with E-state index in [4.69, 9.17) is 4.98 Å². The SMILES string of the molecule is CCCCc1cccc(C2=C(C)C=C3c4ccccc4C[C@@H](c4ccccc4-c4ccc(C)cn4)N3C2)c1. The molecular formula is C36H36N2. The first-order chi connectivity index (χ1) is 18.6. The lowest BCUT2D eigenvalue weighted by molar-refractivity contribution is 0.314. The molecule has 190 valence electrons. The number of nitrogens with zero attached hydrogens (tertiary/aromatic N) is 2. The fourth-order valence-electron chi connectivity index (χ4n) is 6.07. The van der Waals surface area contributed by atoms with Crippen molar-refractivity contribution >= 4 is 11.3 Å². The summed E-state index contributed by atoms with van der Waals surface area (Å²) >= 11 is 0. The first-order valence-electron chi connectivity index (χ1n) is 14.0. The van der Waals surface area contributed by atoms with E-state index in [1.54, 1.807) is 0 Å². The zero-order valence-corrected chi connectivity index (χ0v) is 22.7. The van der Waals surface area contributed by atoms with Crippen molar-refractivity contribution in [3.8, 4) is 11.3 Å². The van der Waals surface area contributed by atoms with E-state index in [1.807, 2.05) is 6.20 Å². The first-order valence-corrected chi connectivity index (χ1v) is 14.0. The lowest BCUT2D eigenvalue weighted by Gasteiger charge is -2.44. The fourth-order valence-corrected chi connectivity index (χ4v) is 6.07. The number of rotatable bonds is 6. The quantitative estimate of drug-likeness (QED) is 0.265. The summed E-state index contributed by atoms with van der Waals surface area (Å²) in [7, 11) is 0. The number of hydrogen-bond acceptors (Lipinski definition) is 2. The topological polar surface area (TPSA) is 16.1 Å². The second-order valence-electron chi connectivity index (χ2n) is 10.8. The van der Waals surface area contributed by atoms with Crippen LogP contribution in [0.3, 0.4) is 0 Å². The van der Waals surface area contributed by atoms with Crippen LogP contribution in [-0.2, 0) is 12.8 Å². The van der Waals surface area contributed by atoms with Gasteiger partial charge in [-0.15, -0.1) is 0 Å². The Kier molecular flexibility index (Phi) is 6.72. The predicted octanol–water partition coefficient (Wildman–Crippen LogP) is 8.83. The third kappa shape index (κ3) is 4.60. The number of aromatic nitrogens is 1. The van der Waals surface area contributed by atoms with E-state index in [1.165, 1.54) is 68.6 Å². The van der Waals surface area contributed by atoms with Crippen LogP contribution in [0.25, 0.3) is 22.5 Å². The van der Waals surface area contributed by atoms with Gasteiger partial charge in [0, 0.05) is 29.6 Å². The molecule has 4 aromatic rings. The number of allylic oxidation sites excluding steroid dienone is 2. The van der Waals surface area contributed by atoms with Gasteiger partial charge in [0.15, 0.2) is 0 Å². The molecule has 0 saturated heterocycles. The van der Waals surface area contributed by atoms with Gasteiger partial charge in [-0.25, -0.2) is 0 Å². The van der Waals surface area contributed by atoms with E-state index in [9.17, 15) is 0 Å². The summed E-state index contributed by atoms with van der Waals surface area (Å²) in [5, 5.41) is 0. The number of unbranched alkanes of at least 4 members (excludes halogenated alkanes) is 1. The summed E-state index contributed by atoms with van der Waals surface area (Å²) < 4.78 is 0. The fraction of sp³-hybridized carbons (Fsp3) is 0.250. The predicted molar refractivity (Wildman–Crippen MR) is 160 cm³/mol. The molecule has 0 saturated carbocycles. The molecule has 2 nitrogen and oxygen atoms in total. The van der Waals surface area contributed by atoms with Crippen LogP contribution in [0.2, 0.25) is 0 Å². The van der Waals surface area contributed by atoms with Crippen molar-refractivity contribution in [2.45, 2.75) is 52.5 Å². The van der Waals surface area contributed by atoms with Crippen molar-refractivity contribution in [2.75, 3.05) is 6.54 Å². The number of benzene rings is 3. The molecule has 3 heterocycles. The molecule has 1 atom stereocenters. The van der Waals surface area contributed by atoms with Gasteiger partial charge in [-0.3, -0.25) is 4.98 Å². The maximum atomic E-state index is 4.82. The van der Waals surface area contributed by atoms with Crippen LogP contribution in [0.15, 0.2) is 103 Å². The minimum Gasteiger partial charge on any atom is -0.359 e. The molecule has 2 aliphatic heterocycles. The normalized spacial score (nSPS) is 16.7. The molecule has 0 spiro atoms. The van der Waals surface area contributed by atoms with Gasteiger partial charge in [0.05, 0.1) is 11.7 Å². The Hall–Kier alpha value is -3.91. The molecule has 0 unspecified atom stereocenters. The molecule has 3 aromatic carbocycles. The first kappa shape index (κ1) is 24.4. The summed E-state index contributed by atoms with van der Waals surface area (Å²) in [6.45, 7) is 7.56. The molecule has 0 fully saturated rings. The van der Waals surface area contributed by atoms with Gasteiger partial charge in [0.25, 0.3) is 0 Å². The number of hydrogen-bond donors (Lipinski definition) is 0. The average molecular weight is 497 g/mol. The lowest BCUT2D eigenvalue weighted by Crippen LogP contribution is -2.36. The van der Waals surface area contributed by atoms with Gasteiger partial charge in [0.2, 0.25) is 0 Å². The maximum absolute atomic E-state index is 4.82. The number of aryl methyl sites for hydroxylation is 2. The van der Waals surface area contributed by atoms with Crippen molar-refractivity contribution in [3.63, 3.8) is 0 Å². The molecule has 0 aliphatic carbocycles. The molecule has 0 bridgehead atoms. The van der Waals surface area contributed by atoms with Crippen LogP contribution in [0.4, 0.5) is 0 Å². The van der Waals surface area contributed by atoms with Crippen LogP contribution in [0.5, 0.6) is 0 Å². The molecule has 0 N–H and O–H groups in total. The van der Waals surface area contributed by atoms with Crippen LogP contribution in [0, 0.1) is 6.92 Å². The Morgan fingerprint density at radius 3 is 2.50 bits per heavy atom. The lowest BCUT2D eigenvalue weighted by atomic mass is 9.82. The van der Waals surface area contributed by atoms with E-state index in [2.05, 4.69) is 117 Å². The maximum Gasteiger partial charge on any atom is 0.0705 e. The molecular weight excluding hydrogens is 460 g/mol. The molecule has 38 heavy (non-hydrogen) atoms. The summed E-state index contributed by atoms with van der Waals surface area (Å²) in [6.07, 6.45) is 9.00. The van der Waals surface area contributed by atoms with Crippen molar-refractivity contribution < 1.29 is 0 Å². The Morgan fingerprint density at radius 2 is 1.68 bits per heavy atom. The van der Waals surface area contributed by atoms with Crippen LogP contribution in [-0.4, -0.2) is 16.4 Å². The largest absolute Gasteiger partial charge is 0.359 e. The van der Waals surface area contributed by atoms with Crippen LogP contribution < -0.4 is 0 Å².